The Hall–Kier alpha value is -2.05. The first-order chi connectivity index (χ1) is 14.5. The van der Waals surface area contributed by atoms with E-state index in [1.165, 1.54) is 0 Å². The Bertz CT molecular complexity index is 997. The third-order valence-electron chi connectivity index (χ3n) is 4.74. The number of anilines is 1. The topological polar surface area (TPSA) is 96.7 Å². The minimum atomic E-state index is -4.93. The van der Waals surface area contributed by atoms with Crippen molar-refractivity contribution < 1.29 is 26.3 Å². The van der Waals surface area contributed by atoms with Gasteiger partial charge in [0.15, 0.2) is 5.75 Å². The molecule has 1 aliphatic heterocycles. The second-order valence-corrected chi connectivity index (χ2v) is 9.17. The number of piperazine rings is 1. The van der Waals surface area contributed by atoms with Crippen LogP contribution in [0.15, 0.2) is 47.4 Å². The number of nitrogens with zero attached hydrogens (tertiary/aromatic N) is 1. The van der Waals surface area contributed by atoms with Gasteiger partial charge in [-0.15, -0.1) is 13.2 Å². The molecule has 7 nitrogen and oxygen atoms in total. The monoisotopic (exact) mass is 478 g/mol. The van der Waals surface area contributed by atoms with E-state index < -0.39 is 33.9 Å². The van der Waals surface area contributed by atoms with Crippen LogP contribution < -0.4 is 20.5 Å². The van der Waals surface area contributed by atoms with Crippen LogP contribution in [-0.2, 0) is 10.0 Å². The van der Waals surface area contributed by atoms with Gasteiger partial charge in [0.05, 0.1) is 16.6 Å². The summed E-state index contributed by atoms with van der Waals surface area (Å²) >= 11 is 5.95. The zero-order chi connectivity index (χ0) is 22.6. The van der Waals surface area contributed by atoms with Crippen LogP contribution in [0.5, 0.6) is 5.75 Å². The van der Waals surface area contributed by atoms with Crippen LogP contribution in [0, 0.1) is 0 Å². The quantitative estimate of drug-likeness (QED) is 0.529. The molecule has 170 valence electrons. The van der Waals surface area contributed by atoms with E-state index in [4.69, 9.17) is 17.3 Å². The van der Waals surface area contributed by atoms with Gasteiger partial charge in [-0.05, 0) is 35.9 Å². The van der Waals surface area contributed by atoms with Gasteiger partial charge in [0.2, 0.25) is 10.0 Å². The molecule has 12 heteroatoms. The second kappa shape index (κ2) is 9.61. The van der Waals surface area contributed by atoms with E-state index in [0.717, 1.165) is 44.4 Å². The summed E-state index contributed by atoms with van der Waals surface area (Å²) in [6, 6.07) is 9.02. The van der Waals surface area contributed by atoms with Crippen molar-refractivity contribution in [2.24, 2.45) is 0 Å². The molecule has 0 radical (unpaired) electrons. The predicted octanol–water partition coefficient (Wildman–Crippen LogP) is 2.75. The third kappa shape index (κ3) is 6.71. The Morgan fingerprint density at radius 3 is 2.39 bits per heavy atom. The van der Waals surface area contributed by atoms with Gasteiger partial charge in [-0.25, -0.2) is 13.1 Å². The molecule has 1 saturated heterocycles. The number of alkyl halides is 3. The lowest BCUT2D eigenvalue weighted by molar-refractivity contribution is -0.274. The predicted molar refractivity (Wildman–Crippen MR) is 111 cm³/mol. The van der Waals surface area contributed by atoms with Crippen LogP contribution in [0.1, 0.15) is 11.6 Å². The fourth-order valence-electron chi connectivity index (χ4n) is 3.22. The average Bonchev–Trinajstić information content (AvgIpc) is 2.69. The molecule has 2 aromatic rings. The van der Waals surface area contributed by atoms with Crippen molar-refractivity contribution >= 4 is 27.3 Å². The van der Waals surface area contributed by atoms with Crippen molar-refractivity contribution in [1.82, 2.24) is 14.9 Å². The maximum Gasteiger partial charge on any atom is 0.573 e. The Balaban J connectivity index is 1.84. The number of hydrogen-bond donors (Lipinski definition) is 3. The van der Waals surface area contributed by atoms with Gasteiger partial charge in [0.25, 0.3) is 0 Å². The lowest BCUT2D eigenvalue weighted by Gasteiger charge is -2.31. The van der Waals surface area contributed by atoms with Crippen LogP contribution in [0.25, 0.3) is 0 Å². The molecular weight excluding hydrogens is 457 g/mol. The van der Waals surface area contributed by atoms with Crippen LogP contribution in [0.3, 0.4) is 0 Å². The Morgan fingerprint density at radius 2 is 1.81 bits per heavy atom. The largest absolute Gasteiger partial charge is 0.573 e. The van der Waals surface area contributed by atoms with E-state index >= 15 is 0 Å². The van der Waals surface area contributed by atoms with E-state index in [1.54, 1.807) is 24.3 Å². The molecule has 0 amide bonds. The summed E-state index contributed by atoms with van der Waals surface area (Å²) in [4.78, 5) is 1.85. The van der Waals surface area contributed by atoms with E-state index in [1.807, 2.05) is 0 Å². The lowest BCUT2D eigenvalue weighted by Crippen LogP contribution is -2.47. The molecular formula is C19H22ClF3N4O3S. The highest BCUT2D eigenvalue weighted by Crippen LogP contribution is 2.30. The number of sulfonamides is 1. The smallest absolute Gasteiger partial charge is 0.404 e. The summed E-state index contributed by atoms with van der Waals surface area (Å²) in [6.45, 7) is 3.49. The van der Waals surface area contributed by atoms with Gasteiger partial charge in [0, 0.05) is 37.7 Å². The van der Waals surface area contributed by atoms with E-state index in [-0.39, 0.29) is 4.90 Å². The number of nitrogen functional groups attached to an aromatic ring is 1. The number of halogens is 4. The van der Waals surface area contributed by atoms with E-state index in [0.29, 0.717) is 17.1 Å². The standard InChI is InChI=1S/C19H22ClF3N4O3S/c20-14-3-1-13(2-4-14)17(12-27-9-7-25-8-10-27)26-31(28,29)15-5-6-18(16(24)11-15)30-19(21,22)23/h1-6,11,17,25-26H,7-10,12,24H2. The molecule has 2 aromatic carbocycles. The Kier molecular flexibility index (Phi) is 7.32. The van der Waals surface area contributed by atoms with E-state index in [9.17, 15) is 21.6 Å². The highest BCUT2D eigenvalue weighted by Gasteiger charge is 2.32. The van der Waals surface area contributed by atoms with Crippen molar-refractivity contribution in [3.05, 3.63) is 53.1 Å². The maximum atomic E-state index is 13.0. The molecule has 1 fully saturated rings. The zero-order valence-corrected chi connectivity index (χ0v) is 17.9. The molecule has 1 heterocycles. The molecule has 0 bridgehead atoms. The summed E-state index contributed by atoms with van der Waals surface area (Å²) in [5, 5.41) is 3.75. The van der Waals surface area contributed by atoms with Gasteiger partial charge in [0.1, 0.15) is 0 Å². The molecule has 3 rings (SSSR count). The number of ether oxygens (including phenoxy) is 1. The highest BCUT2D eigenvalue weighted by molar-refractivity contribution is 7.89. The lowest BCUT2D eigenvalue weighted by atomic mass is 10.1. The summed E-state index contributed by atoms with van der Waals surface area (Å²) in [5.41, 5.74) is 5.85. The molecule has 31 heavy (non-hydrogen) atoms. The van der Waals surface area contributed by atoms with E-state index in [2.05, 4.69) is 19.7 Å². The minimum absolute atomic E-state index is 0.265. The summed E-state index contributed by atoms with van der Waals surface area (Å²) in [7, 11) is -4.09. The molecule has 1 unspecified atom stereocenters. The number of nitrogens with two attached hydrogens (primary N) is 1. The van der Waals surface area contributed by atoms with Gasteiger partial charge in [-0.2, -0.15) is 0 Å². The number of nitrogens with one attached hydrogen (secondary N) is 2. The van der Waals surface area contributed by atoms with Crippen molar-refractivity contribution in [2.75, 3.05) is 38.5 Å². The number of hydrogen-bond acceptors (Lipinski definition) is 6. The fourth-order valence-corrected chi connectivity index (χ4v) is 4.60. The number of rotatable bonds is 7. The van der Waals surface area contributed by atoms with Gasteiger partial charge >= 0.3 is 6.36 Å². The molecule has 0 aromatic heterocycles. The molecule has 0 aliphatic carbocycles. The van der Waals surface area contributed by atoms with Crippen molar-refractivity contribution in [2.45, 2.75) is 17.3 Å². The SMILES string of the molecule is Nc1cc(S(=O)(=O)NC(CN2CCNCC2)c2ccc(Cl)cc2)ccc1OC(F)(F)F. The van der Waals surface area contributed by atoms with Gasteiger partial charge in [-0.1, -0.05) is 23.7 Å². The van der Waals surface area contributed by atoms with Crippen molar-refractivity contribution in [1.29, 1.82) is 0 Å². The summed E-state index contributed by atoms with van der Waals surface area (Å²) < 4.78 is 69.7. The van der Waals surface area contributed by atoms with Crippen LogP contribution in [0.2, 0.25) is 5.02 Å². The first kappa shape index (κ1) is 23.6. The average molecular weight is 479 g/mol. The summed E-state index contributed by atoms with van der Waals surface area (Å²) in [5.74, 6) is -0.665. The van der Waals surface area contributed by atoms with Gasteiger partial charge < -0.3 is 15.8 Å². The van der Waals surface area contributed by atoms with Crippen LogP contribution >= 0.6 is 11.6 Å². The van der Waals surface area contributed by atoms with Crippen molar-refractivity contribution in [3.63, 3.8) is 0 Å². The van der Waals surface area contributed by atoms with Crippen molar-refractivity contribution in [3.8, 4) is 5.75 Å². The molecule has 1 aliphatic rings. The molecule has 0 saturated carbocycles. The third-order valence-corrected chi connectivity index (χ3v) is 6.46. The van der Waals surface area contributed by atoms with Crippen LogP contribution in [0.4, 0.5) is 18.9 Å². The minimum Gasteiger partial charge on any atom is -0.404 e. The zero-order valence-electron chi connectivity index (χ0n) is 16.3. The second-order valence-electron chi connectivity index (χ2n) is 7.02. The Morgan fingerprint density at radius 1 is 1.16 bits per heavy atom. The van der Waals surface area contributed by atoms with Crippen LogP contribution in [-0.4, -0.2) is 52.4 Å². The summed E-state index contributed by atoms with van der Waals surface area (Å²) in [6.07, 6.45) is -4.93. The number of benzene rings is 2. The normalized spacial score (nSPS) is 16.8. The fraction of sp³-hybridized carbons (Fsp3) is 0.368. The molecule has 1 atom stereocenters. The molecule has 0 spiro atoms. The highest BCUT2D eigenvalue weighted by atomic mass is 35.5. The maximum absolute atomic E-state index is 13.0. The van der Waals surface area contributed by atoms with Gasteiger partial charge in [-0.3, -0.25) is 4.90 Å². The molecule has 4 N–H and O–H groups in total. The Labute approximate surface area is 183 Å². The first-order valence-corrected chi connectivity index (χ1v) is 11.3. The first-order valence-electron chi connectivity index (χ1n) is 9.40.